The molecule has 0 saturated carbocycles. The molecule has 3 aromatic rings. The van der Waals surface area contributed by atoms with Crippen LogP contribution < -0.4 is 5.32 Å². The van der Waals surface area contributed by atoms with Crippen molar-refractivity contribution < 1.29 is 23.5 Å². The van der Waals surface area contributed by atoms with Crippen LogP contribution in [0, 0.1) is 6.92 Å². The lowest BCUT2D eigenvalue weighted by atomic mass is 9.93. The number of furan rings is 1. The van der Waals surface area contributed by atoms with Gasteiger partial charge in [0.25, 0.3) is 11.8 Å². The molecule has 3 heterocycles. The number of fused-ring (bicyclic) bond motifs is 1. The first kappa shape index (κ1) is 22.8. The molecule has 2 amide bonds. The number of ether oxygens (including phenoxy) is 1. The monoisotopic (exact) mass is 487 g/mol. The van der Waals surface area contributed by atoms with Crippen molar-refractivity contribution in [1.82, 2.24) is 9.88 Å². The van der Waals surface area contributed by atoms with E-state index in [4.69, 9.17) is 32.4 Å². The fraction of sp³-hybridized carbons (Fsp3) is 0.217. The zero-order chi connectivity index (χ0) is 23.5. The van der Waals surface area contributed by atoms with Crippen LogP contribution in [0.2, 0.25) is 10.0 Å². The quantitative estimate of drug-likeness (QED) is 0.544. The van der Waals surface area contributed by atoms with Gasteiger partial charge in [-0.1, -0.05) is 47.5 Å². The molecule has 0 saturated heterocycles. The molecule has 170 valence electrons. The highest BCUT2D eigenvalue weighted by Gasteiger charge is 2.37. The second kappa shape index (κ2) is 9.64. The fourth-order valence-corrected chi connectivity index (χ4v) is 3.92. The number of carbonyl (C=O) groups is 3. The van der Waals surface area contributed by atoms with E-state index in [0.717, 1.165) is 11.1 Å². The number of aromatic nitrogens is 1. The third kappa shape index (κ3) is 4.86. The zero-order valence-electron chi connectivity index (χ0n) is 17.5. The SMILES string of the molecule is Cc1c(Cl)cnc(NC(=O)COC(=O)C2Cc3ccccc3CN2C(=O)c2ccco2)c1Cl. The number of nitrogens with one attached hydrogen (secondary N) is 1. The predicted molar refractivity (Wildman–Crippen MR) is 121 cm³/mol. The molecule has 1 aliphatic rings. The van der Waals surface area contributed by atoms with Gasteiger partial charge in [-0.3, -0.25) is 9.59 Å². The number of carbonyl (C=O) groups excluding carboxylic acids is 3. The van der Waals surface area contributed by atoms with E-state index in [1.807, 2.05) is 24.3 Å². The molecular formula is C23H19Cl2N3O5. The largest absolute Gasteiger partial charge is 0.459 e. The Morgan fingerprint density at radius 3 is 2.67 bits per heavy atom. The van der Waals surface area contributed by atoms with E-state index in [1.54, 1.807) is 13.0 Å². The topological polar surface area (TPSA) is 102 Å². The highest BCUT2D eigenvalue weighted by Crippen LogP contribution is 2.29. The van der Waals surface area contributed by atoms with Crippen LogP contribution >= 0.6 is 23.2 Å². The number of esters is 1. The standard InChI is InChI=1S/C23H19Cl2N3O5/c1-13-16(24)10-26-21(20(13)25)27-19(29)12-33-23(31)17-9-14-5-2-3-6-15(14)11-28(17)22(30)18-7-4-8-32-18/h2-8,10,17H,9,11-12H2,1H3,(H,26,27,29). The fourth-order valence-electron chi connectivity index (χ4n) is 3.53. The first-order valence-electron chi connectivity index (χ1n) is 10.0. The Morgan fingerprint density at radius 2 is 1.94 bits per heavy atom. The molecule has 4 rings (SSSR count). The summed E-state index contributed by atoms with van der Waals surface area (Å²) < 4.78 is 10.5. The number of nitrogens with zero attached hydrogens (tertiary/aromatic N) is 2. The summed E-state index contributed by atoms with van der Waals surface area (Å²) in [5.41, 5.74) is 2.42. The maximum atomic E-state index is 13.0. The minimum Gasteiger partial charge on any atom is -0.459 e. The van der Waals surface area contributed by atoms with Gasteiger partial charge in [0.1, 0.15) is 6.04 Å². The lowest BCUT2D eigenvalue weighted by molar-refractivity contribution is -0.152. The van der Waals surface area contributed by atoms with Crippen LogP contribution in [0.1, 0.15) is 27.2 Å². The van der Waals surface area contributed by atoms with Crippen molar-refractivity contribution in [1.29, 1.82) is 0 Å². The van der Waals surface area contributed by atoms with Crippen molar-refractivity contribution in [3.63, 3.8) is 0 Å². The van der Waals surface area contributed by atoms with Gasteiger partial charge in [0.2, 0.25) is 0 Å². The van der Waals surface area contributed by atoms with E-state index in [0.29, 0.717) is 10.6 Å². The molecule has 1 N–H and O–H groups in total. The van der Waals surface area contributed by atoms with Crippen molar-refractivity contribution in [2.24, 2.45) is 0 Å². The van der Waals surface area contributed by atoms with Crippen LogP contribution in [0.15, 0.2) is 53.3 Å². The molecule has 33 heavy (non-hydrogen) atoms. The number of hydrogen-bond acceptors (Lipinski definition) is 6. The highest BCUT2D eigenvalue weighted by molar-refractivity contribution is 6.37. The Morgan fingerprint density at radius 1 is 1.18 bits per heavy atom. The molecule has 1 aliphatic heterocycles. The van der Waals surface area contributed by atoms with Crippen molar-refractivity contribution in [2.45, 2.75) is 25.9 Å². The van der Waals surface area contributed by atoms with Gasteiger partial charge in [-0.05, 0) is 35.7 Å². The van der Waals surface area contributed by atoms with Crippen LogP contribution in [0.5, 0.6) is 0 Å². The Hall–Kier alpha value is -3.36. The van der Waals surface area contributed by atoms with Crippen molar-refractivity contribution in [3.05, 3.63) is 81.4 Å². The first-order chi connectivity index (χ1) is 15.8. The second-order valence-corrected chi connectivity index (χ2v) is 8.23. The second-order valence-electron chi connectivity index (χ2n) is 7.45. The summed E-state index contributed by atoms with van der Waals surface area (Å²) >= 11 is 12.1. The van der Waals surface area contributed by atoms with Gasteiger partial charge in [0.15, 0.2) is 18.2 Å². The number of benzene rings is 1. The van der Waals surface area contributed by atoms with Gasteiger partial charge in [-0.2, -0.15) is 0 Å². The minimum atomic E-state index is -0.912. The molecule has 0 bridgehead atoms. The highest BCUT2D eigenvalue weighted by atomic mass is 35.5. The van der Waals surface area contributed by atoms with Gasteiger partial charge < -0.3 is 19.4 Å². The Balaban J connectivity index is 1.46. The van der Waals surface area contributed by atoms with E-state index in [9.17, 15) is 14.4 Å². The molecule has 1 aromatic carbocycles. The minimum absolute atomic E-state index is 0.112. The van der Waals surface area contributed by atoms with Gasteiger partial charge in [0.05, 0.1) is 16.3 Å². The normalized spacial score (nSPS) is 15.0. The van der Waals surface area contributed by atoms with Crippen molar-refractivity contribution in [3.8, 4) is 0 Å². The Labute approximate surface area is 199 Å². The number of amides is 2. The molecule has 8 nitrogen and oxygen atoms in total. The van der Waals surface area contributed by atoms with Crippen LogP contribution in [0.25, 0.3) is 0 Å². The summed E-state index contributed by atoms with van der Waals surface area (Å²) in [6.45, 7) is 1.33. The van der Waals surface area contributed by atoms with Crippen LogP contribution in [-0.2, 0) is 27.3 Å². The van der Waals surface area contributed by atoms with Gasteiger partial charge in [0, 0.05) is 19.2 Å². The van der Waals surface area contributed by atoms with Crippen molar-refractivity contribution in [2.75, 3.05) is 11.9 Å². The molecule has 0 spiro atoms. The average molecular weight is 488 g/mol. The molecule has 0 fully saturated rings. The van der Waals surface area contributed by atoms with E-state index in [2.05, 4.69) is 10.3 Å². The summed E-state index contributed by atoms with van der Waals surface area (Å²) in [5, 5.41) is 3.05. The molecular weight excluding hydrogens is 469 g/mol. The van der Waals surface area contributed by atoms with Crippen LogP contribution in [0.4, 0.5) is 5.82 Å². The molecule has 1 atom stereocenters. The lowest BCUT2D eigenvalue weighted by Gasteiger charge is -2.34. The van der Waals surface area contributed by atoms with E-state index in [-0.39, 0.29) is 29.6 Å². The number of halogens is 2. The third-order valence-electron chi connectivity index (χ3n) is 5.32. The predicted octanol–water partition coefficient (Wildman–Crippen LogP) is 4.04. The van der Waals surface area contributed by atoms with E-state index < -0.39 is 30.4 Å². The van der Waals surface area contributed by atoms with E-state index in [1.165, 1.54) is 23.4 Å². The van der Waals surface area contributed by atoms with Crippen molar-refractivity contribution >= 4 is 46.8 Å². The maximum absolute atomic E-state index is 13.0. The summed E-state index contributed by atoms with van der Waals surface area (Å²) in [5.74, 6) is -1.54. The molecule has 1 unspecified atom stereocenters. The van der Waals surface area contributed by atoms with Gasteiger partial charge in [-0.25, -0.2) is 9.78 Å². The van der Waals surface area contributed by atoms with E-state index >= 15 is 0 Å². The molecule has 10 heteroatoms. The molecule has 0 aliphatic carbocycles. The number of anilines is 1. The summed E-state index contributed by atoms with van der Waals surface area (Å²) in [6.07, 6.45) is 3.01. The summed E-state index contributed by atoms with van der Waals surface area (Å²) in [6, 6.07) is 9.75. The lowest BCUT2D eigenvalue weighted by Crippen LogP contribution is -2.49. The summed E-state index contributed by atoms with van der Waals surface area (Å²) in [7, 11) is 0. The number of pyridine rings is 1. The maximum Gasteiger partial charge on any atom is 0.329 e. The first-order valence-corrected chi connectivity index (χ1v) is 10.8. The Kier molecular flexibility index (Phi) is 6.67. The summed E-state index contributed by atoms with van der Waals surface area (Å²) in [4.78, 5) is 43.6. The number of rotatable bonds is 5. The smallest absolute Gasteiger partial charge is 0.329 e. The molecule has 2 aromatic heterocycles. The number of hydrogen-bond donors (Lipinski definition) is 1. The Bertz CT molecular complexity index is 1210. The van der Waals surface area contributed by atoms with Crippen LogP contribution in [0.3, 0.4) is 0 Å². The van der Waals surface area contributed by atoms with Gasteiger partial charge >= 0.3 is 5.97 Å². The van der Waals surface area contributed by atoms with Crippen LogP contribution in [-0.4, -0.2) is 40.3 Å². The molecule has 0 radical (unpaired) electrons. The van der Waals surface area contributed by atoms with Gasteiger partial charge in [-0.15, -0.1) is 0 Å². The average Bonchev–Trinajstić information content (AvgIpc) is 3.36. The third-order valence-corrected chi connectivity index (χ3v) is 6.16. The zero-order valence-corrected chi connectivity index (χ0v) is 19.0.